The quantitative estimate of drug-likeness (QED) is 0.939. The molecule has 1 aromatic carbocycles. The molecular weight excluding hydrogens is 268 g/mol. The molecule has 2 aromatic rings. The molecule has 1 unspecified atom stereocenters. The third kappa shape index (κ3) is 2.42. The highest BCUT2D eigenvalue weighted by molar-refractivity contribution is 5.93. The number of anilines is 1. The first kappa shape index (κ1) is 13.4. The summed E-state index contributed by atoms with van der Waals surface area (Å²) < 4.78 is 5.60. The van der Waals surface area contributed by atoms with Crippen LogP contribution in [0.25, 0.3) is 0 Å². The van der Waals surface area contributed by atoms with E-state index in [2.05, 4.69) is 16.8 Å². The van der Waals surface area contributed by atoms with E-state index in [4.69, 9.17) is 4.74 Å². The maximum absolute atomic E-state index is 11.3. The van der Waals surface area contributed by atoms with Gasteiger partial charge in [-0.25, -0.2) is 4.79 Å². The Morgan fingerprint density at radius 3 is 2.81 bits per heavy atom. The zero-order valence-electron chi connectivity index (χ0n) is 11.7. The number of carboxylic acid groups (broad SMARTS) is 1. The Hall–Kier alpha value is -2.56. The Morgan fingerprint density at radius 1 is 1.33 bits per heavy atom. The number of rotatable bonds is 3. The third-order valence-electron chi connectivity index (χ3n) is 3.77. The lowest BCUT2D eigenvalue weighted by Gasteiger charge is -2.36. The van der Waals surface area contributed by atoms with Gasteiger partial charge in [0.1, 0.15) is 12.2 Å². The van der Waals surface area contributed by atoms with E-state index < -0.39 is 5.97 Å². The number of hydrogen-bond acceptors (Lipinski definition) is 4. The van der Waals surface area contributed by atoms with Gasteiger partial charge in [0.25, 0.3) is 0 Å². The van der Waals surface area contributed by atoms with Crippen LogP contribution in [0.5, 0.6) is 5.75 Å². The third-order valence-corrected chi connectivity index (χ3v) is 3.77. The predicted octanol–water partition coefficient (Wildman–Crippen LogP) is 2.74. The van der Waals surface area contributed by atoms with Gasteiger partial charge in [0, 0.05) is 12.4 Å². The molecule has 0 saturated heterocycles. The van der Waals surface area contributed by atoms with Crippen molar-refractivity contribution in [3.05, 3.63) is 53.9 Å². The minimum absolute atomic E-state index is 0.125. The van der Waals surface area contributed by atoms with Crippen molar-refractivity contribution in [2.75, 3.05) is 18.1 Å². The second-order valence-corrected chi connectivity index (χ2v) is 4.96. The normalized spacial score (nSPS) is 15.0. The number of nitrogens with zero attached hydrogens (tertiary/aromatic N) is 2. The smallest absolute Gasteiger partial charge is 0.339 e. The number of fused-ring (bicyclic) bond motifs is 1. The minimum Gasteiger partial charge on any atom is -0.489 e. The average molecular weight is 284 g/mol. The molecule has 1 aliphatic rings. The number of aromatic carboxylic acids is 1. The zero-order valence-corrected chi connectivity index (χ0v) is 11.7. The van der Waals surface area contributed by atoms with Gasteiger partial charge < -0.3 is 14.7 Å². The predicted molar refractivity (Wildman–Crippen MR) is 78.9 cm³/mol. The first-order valence-corrected chi connectivity index (χ1v) is 6.84. The van der Waals surface area contributed by atoms with Gasteiger partial charge in [-0.15, -0.1) is 0 Å². The first-order valence-electron chi connectivity index (χ1n) is 6.84. The van der Waals surface area contributed by atoms with Crippen molar-refractivity contribution in [1.29, 1.82) is 0 Å². The van der Waals surface area contributed by atoms with Crippen molar-refractivity contribution < 1.29 is 14.6 Å². The van der Waals surface area contributed by atoms with Crippen LogP contribution in [0.3, 0.4) is 0 Å². The van der Waals surface area contributed by atoms with E-state index in [9.17, 15) is 9.90 Å². The Balaban J connectivity index is 2.01. The van der Waals surface area contributed by atoms with Gasteiger partial charge in [-0.1, -0.05) is 6.07 Å². The highest BCUT2D eigenvalue weighted by Gasteiger charge is 2.27. The molecule has 21 heavy (non-hydrogen) atoms. The number of para-hydroxylation sites is 1. The number of carboxylic acids is 1. The average Bonchev–Trinajstić information content (AvgIpc) is 2.53. The van der Waals surface area contributed by atoms with Crippen LogP contribution in [0, 0.1) is 0 Å². The number of carbonyl (C=O) groups is 1. The van der Waals surface area contributed by atoms with Gasteiger partial charge >= 0.3 is 5.97 Å². The molecule has 5 heteroatoms. The van der Waals surface area contributed by atoms with E-state index in [1.807, 2.05) is 18.2 Å². The summed E-state index contributed by atoms with van der Waals surface area (Å²) in [7, 11) is 0. The highest BCUT2D eigenvalue weighted by atomic mass is 16.5. The van der Waals surface area contributed by atoms with Crippen molar-refractivity contribution in [2.24, 2.45) is 0 Å². The fourth-order valence-corrected chi connectivity index (χ4v) is 2.66. The number of aromatic nitrogens is 1. The summed E-state index contributed by atoms with van der Waals surface area (Å²) in [4.78, 5) is 17.5. The first-order chi connectivity index (χ1) is 10.2. The van der Waals surface area contributed by atoms with Gasteiger partial charge in [-0.3, -0.25) is 4.98 Å². The topological polar surface area (TPSA) is 62.7 Å². The lowest BCUT2D eigenvalue weighted by atomic mass is 10.0. The zero-order chi connectivity index (χ0) is 14.8. The van der Waals surface area contributed by atoms with Crippen LogP contribution in [0.4, 0.5) is 5.69 Å². The number of ether oxygens (including phenoxy) is 1. The molecule has 3 rings (SSSR count). The van der Waals surface area contributed by atoms with E-state index in [-0.39, 0.29) is 11.6 Å². The van der Waals surface area contributed by atoms with Crippen molar-refractivity contribution in [3.63, 3.8) is 0 Å². The van der Waals surface area contributed by atoms with Crippen LogP contribution in [-0.2, 0) is 0 Å². The maximum atomic E-state index is 11.3. The monoisotopic (exact) mass is 284 g/mol. The molecule has 1 aromatic heterocycles. The molecule has 0 bridgehead atoms. The van der Waals surface area contributed by atoms with Crippen LogP contribution >= 0.6 is 0 Å². The molecule has 0 radical (unpaired) electrons. The highest BCUT2D eigenvalue weighted by Crippen LogP contribution is 2.39. The number of hydrogen-bond donors (Lipinski definition) is 1. The second-order valence-electron chi connectivity index (χ2n) is 4.96. The SMILES string of the molecule is CC(c1ccncc1)N1CCOc2c(C(=O)O)cccc21. The van der Waals surface area contributed by atoms with Gasteiger partial charge in [0.15, 0.2) is 5.75 Å². The van der Waals surface area contributed by atoms with E-state index in [0.29, 0.717) is 12.4 Å². The largest absolute Gasteiger partial charge is 0.489 e. The Bertz CT molecular complexity index is 658. The minimum atomic E-state index is -0.967. The molecule has 0 aliphatic carbocycles. The summed E-state index contributed by atoms with van der Waals surface area (Å²) >= 11 is 0. The Morgan fingerprint density at radius 2 is 2.10 bits per heavy atom. The summed E-state index contributed by atoms with van der Waals surface area (Å²) in [5, 5.41) is 9.28. The van der Waals surface area contributed by atoms with Crippen molar-refractivity contribution in [3.8, 4) is 5.75 Å². The maximum Gasteiger partial charge on any atom is 0.339 e. The summed E-state index contributed by atoms with van der Waals surface area (Å²) in [6.07, 6.45) is 3.53. The summed E-state index contributed by atoms with van der Waals surface area (Å²) in [6, 6.07) is 9.30. The van der Waals surface area contributed by atoms with Crippen LogP contribution in [0.15, 0.2) is 42.7 Å². The van der Waals surface area contributed by atoms with Gasteiger partial charge in [-0.05, 0) is 36.8 Å². The molecule has 1 N–H and O–H groups in total. The molecule has 108 valence electrons. The van der Waals surface area contributed by atoms with E-state index in [0.717, 1.165) is 17.8 Å². The summed E-state index contributed by atoms with van der Waals surface area (Å²) in [5.41, 5.74) is 2.17. The molecule has 2 heterocycles. The molecular formula is C16H16N2O3. The van der Waals surface area contributed by atoms with Crippen LogP contribution in [0.2, 0.25) is 0 Å². The molecule has 5 nitrogen and oxygen atoms in total. The van der Waals surface area contributed by atoms with Crippen LogP contribution < -0.4 is 9.64 Å². The van der Waals surface area contributed by atoms with Crippen LogP contribution in [0.1, 0.15) is 28.9 Å². The Kier molecular flexibility index (Phi) is 3.48. The van der Waals surface area contributed by atoms with E-state index in [1.54, 1.807) is 24.5 Å². The molecule has 0 saturated carbocycles. The molecule has 0 spiro atoms. The van der Waals surface area contributed by atoms with Gasteiger partial charge in [0.2, 0.25) is 0 Å². The fourth-order valence-electron chi connectivity index (χ4n) is 2.66. The Labute approximate surface area is 122 Å². The van der Waals surface area contributed by atoms with Gasteiger partial charge in [-0.2, -0.15) is 0 Å². The van der Waals surface area contributed by atoms with Crippen molar-refractivity contribution >= 4 is 11.7 Å². The lowest BCUT2D eigenvalue weighted by molar-refractivity contribution is 0.0692. The van der Waals surface area contributed by atoms with Gasteiger partial charge in [0.05, 0.1) is 18.3 Å². The molecule has 0 fully saturated rings. The van der Waals surface area contributed by atoms with Crippen LogP contribution in [-0.4, -0.2) is 29.2 Å². The van der Waals surface area contributed by atoms with Crippen molar-refractivity contribution in [1.82, 2.24) is 4.98 Å². The summed E-state index contributed by atoms with van der Waals surface area (Å²) in [5.74, 6) is -0.512. The summed E-state index contributed by atoms with van der Waals surface area (Å²) in [6.45, 7) is 3.30. The van der Waals surface area contributed by atoms with E-state index >= 15 is 0 Å². The standard InChI is InChI=1S/C16H16N2O3/c1-11(12-5-7-17-8-6-12)18-9-10-21-15-13(16(19)20)3-2-4-14(15)18/h2-8,11H,9-10H2,1H3,(H,19,20). The van der Waals surface area contributed by atoms with E-state index in [1.165, 1.54) is 0 Å². The number of pyridine rings is 1. The van der Waals surface area contributed by atoms with Crippen molar-refractivity contribution in [2.45, 2.75) is 13.0 Å². The molecule has 1 aliphatic heterocycles. The number of benzene rings is 1. The second kappa shape index (κ2) is 5.44. The fraction of sp³-hybridized carbons (Fsp3) is 0.250. The lowest BCUT2D eigenvalue weighted by Crippen LogP contribution is -2.35. The molecule has 1 atom stereocenters. The molecule has 0 amide bonds.